The van der Waals surface area contributed by atoms with Crippen LogP contribution in [0.4, 0.5) is 0 Å². The van der Waals surface area contributed by atoms with E-state index in [1.165, 1.54) is 5.57 Å². The van der Waals surface area contributed by atoms with Crippen LogP contribution >= 0.6 is 0 Å². The molecule has 1 aromatic carbocycles. The van der Waals surface area contributed by atoms with Gasteiger partial charge in [-0.05, 0) is 85.8 Å². The number of rotatable bonds is 12. The molecule has 1 rings (SSSR count). The van der Waals surface area contributed by atoms with E-state index in [-0.39, 0.29) is 0 Å². The molecule has 0 radical (unpaired) electrons. The van der Waals surface area contributed by atoms with E-state index in [2.05, 4.69) is 26.0 Å². The first-order valence-corrected chi connectivity index (χ1v) is 12.7. The van der Waals surface area contributed by atoms with Gasteiger partial charge in [0, 0.05) is 0 Å². The molecule has 1 aromatic rings. The first-order valence-electron chi connectivity index (χ1n) is 11.1. The fraction of sp³-hybridized carbons (Fsp3) is 0.481. The standard InChI is InChI=1S/C27H40O3S/c1-21(2)12-10-13-23(4)19-27(31(29,30)26-16-8-7-9-17-26)20-24(5)15-11-14-22(3)18-25(6)28/h7-9,12,15-19,25,27-28H,10-11,13-14,20H2,1-6H3/b22-18+,23-19+,24-15+. The lowest BCUT2D eigenvalue weighted by Crippen LogP contribution is -2.20. The second-order valence-electron chi connectivity index (χ2n) is 8.78. The van der Waals surface area contributed by atoms with Crippen LogP contribution in [0, 0.1) is 0 Å². The highest BCUT2D eigenvalue weighted by Gasteiger charge is 2.25. The summed E-state index contributed by atoms with van der Waals surface area (Å²) >= 11 is 0. The summed E-state index contributed by atoms with van der Waals surface area (Å²) in [6.45, 7) is 11.9. The molecule has 0 saturated carbocycles. The maximum atomic E-state index is 13.4. The van der Waals surface area contributed by atoms with Crippen LogP contribution < -0.4 is 0 Å². The third-order valence-electron chi connectivity index (χ3n) is 5.11. The third-order valence-corrected chi connectivity index (χ3v) is 7.14. The molecule has 0 spiro atoms. The van der Waals surface area contributed by atoms with Crippen molar-refractivity contribution < 1.29 is 13.5 Å². The molecule has 0 amide bonds. The van der Waals surface area contributed by atoms with Crippen molar-refractivity contribution >= 4 is 9.84 Å². The monoisotopic (exact) mass is 444 g/mol. The predicted octanol–water partition coefficient (Wildman–Crippen LogP) is 6.97. The molecule has 1 N–H and O–H groups in total. The molecular weight excluding hydrogens is 404 g/mol. The van der Waals surface area contributed by atoms with Gasteiger partial charge in [-0.25, -0.2) is 8.42 Å². The molecule has 0 aromatic heterocycles. The second-order valence-corrected chi connectivity index (χ2v) is 10.9. The zero-order valence-corrected chi connectivity index (χ0v) is 20.9. The van der Waals surface area contributed by atoms with Crippen LogP contribution in [0.15, 0.2) is 81.8 Å². The summed E-state index contributed by atoms with van der Waals surface area (Å²) in [7, 11) is -3.47. The number of sulfone groups is 1. The van der Waals surface area contributed by atoms with Crippen molar-refractivity contribution in [2.75, 3.05) is 0 Å². The van der Waals surface area contributed by atoms with Gasteiger partial charge in [0.2, 0.25) is 0 Å². The molecule has 31 heavy (non-hydrogen) atoms. The van der Waals surface area contributed by atoms with E-state index in [0.29, 0.717) is 11.3 Å². The van der Waals surface area contributed by atoms with Crippen LogP contribution in [0.5, 0.6) is 0 Å². The van der Waals surface area contributed by atoms with Crippen LogP contribution in [0.1, 0.15) is 73.6 Å². The number of hydrogen-bond donors (Lipinski definition) is 1. The molecule has 0 saturated heterocycles. The summed E-state index contributed by atoms with van der Waals surface area (Å²) in [6.07, 6.45) is 11.6. The van der Waals surface area contributed by atoms with E-state index in [1.54, 1.807) is 31.2 Å². The smallest absolute Gasteiger partial charge is 0.185 e. The topological polar surface area (TPSA) is 54.4 Å². The summed E-state index contributed by atoms with van der Waals surface area (Å²) in [4.78, 5) is 0.372. The average Bonchev–Trinajstić information content (AvgIpc) is 2.67. The molecular formula is C27H40O3S. The first kappa shape index (κ1) is 27.1. The Bertz CT molecular complexity index is 897. The van der Waals surface area contributed by atoms with Gasteiger partial charge in [0.1, 0.15) is 0 Å². The van der Waals surface area contributed by atoms with Crippen LogP contribution in [0.2, 0.25) is 0 Å². The Hall–Kier alpha value is -1.91. The minimum absolute atomic E-state index is 0.372. The molecule has 3 nitrogen and oxygen atoms in total. The van der Waals surface area contributed by atoms with Crippen molar-refractivity contribution in [2.24, 2.45) is 0 Å². The summed E-state index contributed by atoms with van der Waals surface area (Å²) in [5.74, 6) is 0. The summed E-state index contributed by atoms with van der Waals surface area (Å²) in [5, 5.41) is 8.88. The largest absolute Gasteiger partial charge is 0.389 e. The van der Waals surface area contributed by atoms with Gasteiger partial charge in [-0.2, -0.15) is 0 Å². The molecule has 4 heteroatoms. The van der Waals surface area contributed by atoms with Gasteiger partial charge in [0.15, 0.2) is 9.84 Å². The van der Waals surface area contributed by atoms with Gasteiger partial charge in [0.25, 0.3) is 0 Å². The van der Waals surface area contributed by atoms with Gasteiger partial charge < -0.3 is 5.11 Å². The van der Waals surface area contributed by atoms with E-state index in [0.717, 1.165) is 42.4 Å². The van der Waals surface area contributed by atoms with Gasteiger partial charge in [-0.15, -0.1) is 0 Å². The highest BCUT2D eigenvalue weighted by atomic mass is 32.2. The molecule has 2 atom stereocenters. The van der Waals surface area contributed by atoms with Gasteiger partial charge in [-0.3, -0.25) is 0 Å². The number of allylic oxidation sites excluding steroid dienone is 6. The fourth-order valence-corrected chi connectivity index (χ4v) is 5.25. The first-order chi connectivity index (χ1) is 14.5. The Morgan fingerprint density at radius 3 is 1.97 bits per heavy atom. The molecule has 172 valence electrons. The molecule has 0 aliphatic carbocycles. The minimum Gasteiger partial charge on any atom is -0.389 e. The molecule has 0 fully saturated rings. The SMILES string of the molecule is CC(C)=CCC/C(C)=C/C(C/C(C)=C/CC/C(C)=C/C(C)O)S(=O)(=O)c1ccccc1. The van der Waals surface area contributed by atoms with Crippen molar-refractivity contribution in [3.63, 3.8) is 0 Å². The maximum Gasteiger partial charge on any atom is 0.185 e. The zero-order chi connectivity index (χ0) is 23.4. The van der Waals surface area contributed by atoms with Crippen molar-refractivity contribution in [1.29, 1.82) is 0 Å². The van der Waals surface area contributed by atoms with E-state index in [4.69, 9.17) is 0 Å². The molecule has 0 aliphatic heterocycles. The highest BCUT2D eigenvalue weighted by molar-refractivity contribution is 7.92. The van der Waals surface area contributed by atoms with Crippen molar-refractivity contribution in [3.8, 4) is 0 Å². The molecule has 0 aliphatic rings. The molecule has 2 unspecified atom stereocenters. The van der Waals surface area contributed by atoms with Crippen molar-refractivity contribution in [1.82, 2.24) is 0 Å². The van der Waals surface area contributed by atoms with Crippen LogP contribution in [0.3, 0.4) is 0 Å². The second kappa shape index (κ2) is 13.5. The van der Waals surface area contributed by atoms with Crippen molar-refractivity contribution in [3.05, 3.63) is 76.9 Å². The zero-order valence-electron chi connectivity index (χ0n) is 20.1. The lowest BCUT2D eigenvalue weighted by molar-refractivity contribution is 0.243. The number of aliphatic hydroxyl groups excluding tert-OH is 1. The minimum atomic E-state index is -3.47. The Morgan fingerprint density at radius 2 is 1.42 bits per heavy atom. The highest BCUT2D eigenvalue weighted by Crippen LogP contribution is 2.25. The van der Waals surface area contributed by atoms with Gasteiger partial charge >= 0.3 is 0 Å². The lowest BCUT2D eigenvalue weighted by Gasteiger charge is -2.16. The van der Waals surface area contributed by atoms with Crippen LogP contribution in [-0.4, -0.2) is 24.9 Å². The summed E-state index contributed by atoms with van der Waals surface area (Å²) in [5.41, 5.74) is 4.59. The van der Waals surface area contributed by atoms with E-state index in [9.17, 15) is 13.5 Å². The fourth-order valence-electron chi connectivity index (χ4n) is 3.47. The van der Waals surface area contributed by atoms with Gasteiger partial charge in [-0.1, -0.05) is 64.8 Å². The quantitative estimate of drug-likeness (QED) is 0.354. The van der Waals surface area contributed by atoms with E-state index >= 15 is 0 Å². The van der Waals surface area contributed by atoms with Crippen LogP contribution in [0.25, 0.3) is 0 Å². The predicted molar refractivity (Wildman–Crippen MR) is 133 cm³/mol. The van der Waals surface area contributed by atoms with Gasteiger partial charge in [0.05, 0.1) is 16.2 Å². The normalized spacial score (nSPS) is 15.5. The summed E-state index contributed by atoms with van der Waals surface area (Å²) in [6, 6.07) is 8.74. The molecule has 0 bridgehead atoms. The average molecular weight is 445 g/mol. The van der Waals surface area contributed by atoms with Crippen molar-refractivity contribution in [2.45, 2.75) is 89.9 Å². The number of aliphatic hydroxyl groups is 1. The Kier molecular flexibility index (Phi) is 11.8. The Labute approximate surface area is 190 Å². The van der Waals surface area contributed by atoms with E-state index < -0.39 is 21.2 Å². The summed E-state index contributed by atoms with van der Waals surface area (Å²) < 4.78 is 26.7. The number of hydrogen-bond acceptors (Lipinski definition) is 3. The number of benzene rings is 1. The molecule has 0 heterocycles. The maximum absolute atomic E-state index is 13.4. The lowest BCUT2D eigenvalue weighted by atomic mass is 10.0. The Morgan fingerprint density at radius 1 is 0.871 bits per heavy atom. The third kappa shape index (κ3) is 10.8. The van der Waals surface area contributed by atoms with Crippen LogP contribution in [-0.2, 0) is 9.84 Å². The van der Waals surface area contributed by atoms with E-state index in [1.807, 2.05) is 39.0 Å². The Balaban J connectivity index is 3.05.